The number of hydrogen-bond donors (Lipinski definition) is 0. The fourth-order valence-electron chi connectivity index (χ4n) is 4.71. The molecule has 0 aliphatic heterocycles. The highest BCUT2D eigenvalue weighted by atomic mass is 15.0. The van der Waals surface area contributed by atoms with Gasteiger partial charge in [-0.3, -0.25) is 0 Å². The molecular formula is C33H63N. The van der Waals surface area contributed by atoms with Crippen LogP contribution in [0.4, 0.5) is 0 Å². The average Bonchev–Trinajstić information content (AvgIpc) is 2.83. The summed E-state index contributed by atoms with van der Waals surface area (Å²) in [6, 6.07) is 0. The molecular weight excluding hydrogens is 410 g/mol. The highest BCUT2D eigenvalue weighted by molar-refractivity contribution is 5.02. The number of unbranched alkanes of at least 4 members (excludes halogenated alkanes) is 16. The fourth-order valence-corrected chi connectivity index (χ4v) is 4.71. The van der Waals surface area contributed by atoms with Crippen molar-refractivity contribution in [2.75, 3.05) is 20.6 Å². The Labute approximate surface area is 216 Å². The quantitative estimate of drug-likeness (QED) is 0.0685. The summed E-state index contributed by atoms with van der Waals surface area (Å²) in [6.45, 7) is 5.83. The molecule has 200 valence electrons. The second kappa shape index (κ2) is 28.5. The van der Waals surface area contributed by atoms with Crippen molar-refractivity contribution in [3.8, 4) is 0 Å². The van der Waals surface area contributed by atoms with Crippen LogP contribution in [-0.4, -0.2) is 25.5 Å². The van der Waals surface area contributed by atoms with Gasteiger partial charge in [0.2, 0.25) is 0 Å². The maximum Gasteiger partial charge on any atom is -0.00222 e. The van der Waals surface area contributed by atoms with E-state index in [4.69, 9.17) is 0 Å². The molecule has 1 unspecified atom stereocenters. The smallest absolute Gasteiger partial charge is 0.00222 e. The molecule has 0 saturated carbocycles. The van der Waals surface area contributed by atoms with Crippen molar-refractivity contribution >= 4 is 0 Å². The lowest BCUT2D eigenvalue weighted by Gasteiger charge is -2.19. The summed E-state index contributed by atoms with van der Waals surface area (Å²) in [7, 11) is 4.45. The van der Waals surface area contributed by atoms with E-state index in [1.165, 1.54) is 148 Å². The first kappa shape index (κ1) is 33.2. The van der Waals surface area contributed by atoms with Crippen LogP contribution < -0.4 is 0 Å². The zero-order chi connectivity index (χ0) is 25.0. The van der Waals surface area contributed by atoms with Crippen molar-refractivity contribution in [1.29, 1.82) is 0 Å². The van der Waals surface area contributed by atoms with Gasteiger partial charge >= 0.3 is 0 Å². The zero-order valence-electron chi connectivity index (χ0n) is 24.1. The maximum atomic E-state index is 3.28. The van der Waals surface area contributed by atoms with Gasteiger partial charge in [-0.25, -0.2) is 0 Å². The van der Waals surface area contributed by atoms with Crippen LogP contribution in [0.25, 0.3) is 0 Å². The van der Waals surface area contributed by atoms with Gasteiger partial charge in [-0.1, -0.05) is 135 Å². The second-order valence-electron chi connectivity index (χ2n) is 10.9. The molecule has 1 nitrogen and oxygen atoms in total. The van der Waals surface area contributed by atoms with E-state index in [2.05, 4.69) is 62.9 Å². The predicted octanol–water partition coefficient (Wildman–Crippen LogP) is 11.1. The minimum absolute atomic E-state index is 0.963. The van der Waals surface area contributed by atoms with Crippen LogP contribution in [0.15, 0.2) is 30.0 Å². The van der Waals surface area contributed by atoms with E-state index in [-0.39, 0.29) is 0 Å². The van der Waals surface area contributed by atoms with Crippen LogP contribution in [0.5, 0.6) is 0 Å². The average molecular weight is 474 g/mol. The summed E-state index contributed by atoms with van der Waals surface area (Å²) >= 11 is 0. The van der Waals surface area contributed by atoms with Crippen LogP contribution in [0.2, 0.25) is 0 Å². The second-order valence-corrected chi connectivity index (χ2v) is 10.9. The van der Waals surface area contributed by atoms with Crippen LogP contribution in [0.3, 0.4) is 0 Å². The third kappa shape index (κ3) is 27.5. The molecule has 1 heteroatoms. The summed E-state index contributed by atoms with van der Waals surface area (Å²) in [5.41, 5.74) is 3.28. The fraction of sp³-hybridized carbons (Fsp3) is 0.848. The normalized spacial score (nSPS) is 12.4. The van der Waals surface area contributed by atoms with Crippen LogP contribution in [0.1, 0.15) is 155 Å². The Morgan fingerprint density at radius 3 is 1.68 bits per heavy atom. The van der Waals surface area contributed by atoms with Crippen molar-refractivity contribution in [1.82, 2.24) is 4.90 Å². The van der Waals surface area contributed by atoms with E-state index in [1.54, 1.807) is 0 Å². The van der Waals surface area contributed by atoms with Gasteiger partial charge in [0.25, 0.3) is 0 Å². The molecule has 0 aliphatic carbocycles. The molecule has 1 atom stereocenters. The summed E-state index contributed by atoms with van der Waals surface area (Å²) in [5, 5.41) is 0. The first-order valence-corrected chi connectivity index (χ1v) is 15.4. The highest BCUT2D eigenvalue weighted by Crippen LogP contribution is 2.22. The molecule has 0 aromatic heterocycles. The van der Waals surface area contributed by atoms with Gasteiger partial charge < -0.3 is 4.90 Å². The number of allylic oxidation sites excluding steroid dienone is 3. The van der Waals surface area contributed by atoms with E-state index in [0.717, 1.165) is 5.92 Å². The molecule has 0 fully saturated rings. The Hall–Kier alpha value is -0.780. The standard InChI is InChI=1S/C33H63N/c1-5-7-9-11-13-14-15-16-17-18-19-20-21-22-24-26-28-30-33(31-32-34(3)4)29-27-25-23-12-10-8-6-2/h13,15-17,33H,5-12,18-32H2,1-4H3/b17-16-. The molecule has 0 bridgehead atoms. The van der Waals surface area contributed by atoms with Crippen LogP contribution >= 0.6 is 0 Å². The lowest BCUT2D eigenvalue weighted by Crippen LogP contribution is -2.17. The lowest BCUT2D eigenvalue weighted by atomic mass is 9.91. The van der Waals surface area contributed by atoms with Crippen molar-refractivity contribution in [3.05, 3.63) is 30.0 Å². The molecule has 0 aliphatic rings. The summed E-state index contributed by atoms with van der Waals surface area (Å²) < 4.78 is 0. The third-order valence-electron chi connectivity index (χ3n) is 7.08. The molecule has 0 aromatic carbocycles. The molecule has 0 spiro atoms. The Morgan fingerprint density at radius 2 is 1.09 bits per heavy atom. The maximum absolute atomic E-state index is 3.28. The monoisotopic (exact) mass is 473 g/mol. The predicted molar refractivity (Wildman–Crippen MR) is 157 cm³/mol. The number of nitrogens with zero attached hydrogens (tertiary/aromatic N) is 1. The number of hydrogen-bond acceptors (Lipinski definition) is 1. The molecule has 0 aromatic rings. The molecule has 0 saturated heterocycles. The Kier molecular flexibility index (Phi) is 27.8. The molecule has 34 heavy (non-hydrogen) atoms. The minimum Gasteiger partial charge on any atom is -0.309 e. The number of rotatable bonds is 26. The molecule has 0 radical (unpaired) electrons. The van der Waals surface area contributed by atoms with Gasteiger partial charge in [0, 0.05) is 0 Å². The van der Waals surface area contributed by atoms with E-state index >= 15 is 0 Å². The van der Waals surface area contributed by atoms with Crippen molar-refractivity contribution < 1.29 is 0 Å². The third-order valence-corrected chi connectivity index (χ3v) is 7.08. The Bertz CT molecular complexity index is 469. The highest BCUT2D eigenvalue weighted by Gasteiger charge is 2.09. The van der Waals surface area contributed by atoms with Crippen molar-refractivity contribution in [3.63, 3.8) is 0 Å². The topological polar surface area (TPSA) is 3.24 Å². The largest absolute Gasteiger partial charge is 0.309 e. The van der Waals surface area contributed by atoms with Crippen molar-refractivity contribution in [2.24, 2.45) is 5.92 Å². The van der Waals surface area contributed by atoms with Crippen LogP contribution in [-0.2, 0) is 0 Å². The molecule has 0 amide bonds. The Morgan fingerprint density at radius 1 is 0.588 bits per heavy atom. The Balaban J connectivity index is 3.67. The minimum atomic E-state index is 0.963. The molecule has 0 N–H and O–H groups in total. The summed E-state index contributed by atoms with van der Waals surface area (Å²) in [4.78, 5) is 2.37. The lowest BCUT2D eigenvalue weighted by molar-refractivity contribution is 0.314. The van der Waals surface area contributed by atoms with E-state index in [9.17, 15) is 0 Å². The van der Waals surface area contributed by atoms with Gasteiger partial charge in [0.05, 0.1) is 0 Å². The summed E-state index contributed by atoms with van der Waals surface area (Å²) in [6.07, 6.45) is 39.4. The van der Waals surface area contributed by atoms with E-state index < -0.39 is 0 Å². The van der Waals surface area contributed by atoms with Crippen LogP contribution in [0, 0.1) is 5.92 Å². The SMILES string of the molecule is CCCCCC=C=C/C=C\CCCCCCCCCC(CCCCCCCCC)CCN(C)C. The first-order chi connectivity index (χ1) is 16.7. The van der Waals surface area contributed by atoms with Gasteiger partial charge in [-0.05, 0) is 70.8 Å². The van der Waals surface area contributed by atoms with Gasteiger partial charge in [-0.15, -0.1) is 5.73 Å². The van der Waals surface area contributed by atoms with Gasteiger partial charge in [0.15, 0.2) is 0 Å². The zero-order valence-corrected chi connectivity index (χ0v) is 24.1. The van der Waals surface area contributed by atoms with Gasteiger partial charge in [0.1, 0.15) is 0 Å². The van der Waals surface area contributed by atoms with Crippen molar-refractivity contribution in [2.45, 2.75) is 155 Å². The van der Waals surface area contributed by atoms with E-state index in [1.807, 2.05) is 0 Å². The summed E-state index contributed by atoms with van der Waals surface area (Å²) in [5.74, 6) is 0.963. The first-order valence-electron chi connectivity index (χ1n) is 15.4. The molecule has 0 rings (SSSR count). The van der Waals surface area contributed by atoms with Gasteiger partial charge in [-0.2, -0.15) is 0 Å². The molecule has 0 heterocycles. The van der Waals surface area contributed by atoms with E-state index in [0.29, 0.717) is 0 Å².